The third-order valence-electron chi connectivity index (χ3n) is 5.92. The van der Waals surface area contributed by atoms with E-state index in [1.54, 1.807) is 0 Å². The number of esters is 1. The molecular formula is C22H20O3. The van der Waals surface area contributed by atoms with Gasteiger partial charge in [-0.25, -0.2) is 0 Å². The molecule has 5 rings (SSSR count). The van der Waals surface area contributed by atoms with E-state index in [1.165, 1.54) is 22.3 Å². The van der Waals surface area contributed by atoms with E-state index < -0.39 is 5.41 Å². The maximum Gasteiger partial charge on any atom is 0.313 e. The minimum absolute atomic E-state index is 0.0459. The molecular weight excluding hydrogens is 312 g/mol. The lowest BCUT2D eigenvalue weighted by molar-refractivity contribution is -0.146. The van der Waals surface area contributed by atoms with Crippen molar-refractivity contribution in [1.82, 2.24) is 0 Å². The van der Waals surface area contributed by atoms with Crippen LogP contribution in [0.15, 0.2) is 54.6 Å². The fourth-order valence-electron chi connectivity index (χ4n) is 4.68. The van der Waals surface area contributed by atoms with Gasteiger partial charge < -0.3 is 9.47 Å². The van der Waals surface area contributed by atoms with Crippen molar-refractivity contribution >= 4 is 5.97 Å². The van der Waals surface area contributed by atoms with Gasteiger partial charge in [0.25, 0.3) is 0 Å². The topological polar surface area (TPSA) is 35.5 Å². The van der Waals surface area contributed by atoms with Gasteiger partial charge in [-0.3, -0.25) is 4.79 Å². The zero-order valence-electron chi connectivity index (χ0n) is 14.1. The Morgan fingerprint density at radius 1 is 1.12 bits per heavy atom. The molecule has 3 aliphatic rings. The fourth-order valence-corrected chi connectivity index (χ4v) is 4.68. The standard InChI is InChI=1S/C22H20O3/c1-14-8-18-13-24-21(23)22(18,11-14)12-15-6-7-20-17(9-15)10-16-4-2-3-5-19(16)25-20/h2-7,9,18H,1,8,10-13H2/t18-,22+/m1/s1. The first-order valence-corrected chi connectivity index (χ1v) is 8.85. The van der Waals surface area contributed by atoms with Gasteiger partial charge in [-0.2, -0.15) is 0 Å². The van der Waals surface area contributed by atoms with Gasteiger partial charge in [-0.15, -0.1) is 0 Å². The number of hydrogen-bond donors (Lipinski definition) is 0. The normalized spacial score (nSPS) is 26.5. The molecule has 2 aromatic rings. The Morgan fingerprint density at radius 3 is 2.88 bits per heavy atom. The smallest absolute Gasteiger partial charge is 0.313 e. The molecule has 2 heterocycles. The van der Waals surface area contributed by atoms with Crippen molar-refractivity contribution in [2.24, 2.45) is 11.3 Å². The minimum atomic E-state index is -0.404. The number of rotatable bonds is 2. The van der Waals surface area contributed by atoms with Gasteiger partial charge in [-0.05, 0) is 48.1 Å². The monoisotopic (exact) mass is 332 g/mol. The van der Waals surface area contributed by atoms with Gasteiger partial charge in [-0.1, -0.05) is 42.5 Å². The number of carbonyl (C=O) groups excluding carboxylic acids is 1. The average molecular weight is 332 g/mol. The summed E-state index contributed by atoms with van der Waals surface area (Å²) < 4.78 is 11.4. The molecule has 0 spiro atoms. The van der Waals surface area contributed by atoms with Gasteiger partial charge in [0, 0.05) is 12.3 Å². The Hall–Kier alpha value is -2.55. The average Bonchev–Trinajstić information content (AvgIpc) is 3.07. The van der Waals surface area contributed by atoms with Crippen molar-refractivity contribution in [3.8, 4) is 11.5 Å². The molecule has 0 amide bonds. The lowest BCUT2D eigenvalue weighted by Crippen LogP contribution is -2.31. The Kier molecular flexibility index (Phi) is 3.08. The fraction of sp³-hybridized carbons (Fsp3) is 0.318. The van der Waals surface area contributed by atoms with E-state index in [4.69, 9.17) is 9.47 Å². The van der Waals surface area contributed by atoms with Crippen LogP contribution in [-0.2, 0) is 22.4 Å². The number of para-hydroxylation sites is 1. The molecule has 25 heavy (non-hydrogen) atoms. The number of benzene rings is 2. The molecule has 3 heteroatoms. The summed E-state index contributed by atoms with van der Waals surface area (Å²) in [6.45, 7) is 4.67. The van der Waals surface area contributed by atoms with Crippen molar-refractivity contribution in [3.05, 3.63) is 71.3 Å². The highest BCUT2D eigenvalue weighted by molar-refractivity contribution is 5.81. The van der Waals surface area contributed by atoms with E-state index in [0.29, 0.717) is 6.61 Å². The number of hydrogen-bond acceptors (Lipinski definition) is 3. The van der Waals surface area contributed by atoms with E-state index >= 15 is 0 Å². The second kappa shape index (κ2) is 5.22. The number of cyclic esters (lactones) is 1. The van der Waals surface area contributed by atoms with Gasteiger partial charge in [0.1, 0.15) is 11.5 Å². The van der Waals surface area contributed by atoms with Gasteiger partial charge in [0.05, 0.1) is 12.0 Å². The summed E-state index contributed by atoms with van der Waals surface area (Å²) in [4.78, 5) is 12.5. The predicted octanol–water partition coefficient (Wildman–Crippen LogP) is 4.44. The first-order valence-electron chi connectivity index (χ1n) is 8.85. The number of allylic oxidation sites excluding steroid dienone is 1. The molecule has 2 aliphatic heterocycles. The number of ether oxygens (including phenoxy) is 2. The number of carbonyl (C=O) groups is 1. The highest BCUT2D eigenvalue weighted by atomic mass is 16.5. The van der Waals surface area contributed by atoms with Crippen LogP contribution < -0.4 is 4.74 Å². The number of fused-ring (bicyclic) bond motifs is 3. The van der Waals surface area contributed by atoms with Crippen molar-refractivity contribution in [2.75, 3.05) is 6.61 Å². The van der Waals surface area contributed by atoms with Crippen molar-refractivity contribution in [1.29, 1.82) is 0 Å². The summed E-state index contributed by atoms with van der Waals surface area (Å²) >= 11 is 0. The lowest BCUT2D eigenvalue weighted by Gasteiger charge is -2.25. The van der Waals surface area contributed by atoms with Gasteiger partial charge >= 0.3 is 5.97 Å². The summed E-state index contributed by atoms with van der Waals surface area (Å²) in [6, 6.07) is 14.5. The molecule has 1 saturated carbocycles. The van der Waals surface area contributed by atoms with Crippen LogP contribution in [0.1, 0.15) is 29.5 Å². The molecule has 126 valence electrons. The van der Waals surface area contributed by atoms with Crippen LogP contribution in [0.3, 0.4) is 0 Å². The Labute approximate surface area is 147 Å². The van der Waals surface area contributed by atoms with E-state index in [1.807, 2.05) is 24.3 Å². The van der Waals surface area contributed by atoms with E-state index in [2.05, 4.69) is 24.8 Å². The molecule has 1 aliphatic carbocycles. The second-order valence-electron chi connectivity index (χ2n) is 7.59. The van der Waals surface area contributed by atoms with E-state index in [0.717, 1.165) is 37.2 Å². The molecule has 0 bridgehead atoms. The summed E-state index contributed by atoms with van der Waals surface area (Å²) in [5.41, 5.74) is 4.35. The third kappa shape index (κ3) is 2.22. The Bertz CT molecular complexity index is 898. The van der Waals surface area contributed by atoms with E-state index in [-0.39, 0.29) is 11.9 Å². The predicted molar refractivity (Wildman–Crippen MR) is 94.7 cm³/mol. The summed E-state index contributed by atoms with van der Waals surface area (Å²) in [6.07, 6.45) is 3.26. The maximum absolute atomic E-state index is 12.5. The second-order valence-corrected chi connectivity index (χ2v) is 7.59. The first kappa shape index (κ1) is 14.8. The minimum Gasteiger partial charge on any atom is -0.465 e. The van der Waals surface area contributed by atoms with Crippen LogP contribution in [0, 0.1) is 11.3 Å². The van der Waals surface area contributed by atoms with Gasteiger partial charge in [0.15, 0.2) is 0 Å². The molecule has 0 unspecified atom stereocenters. The van der Waals surface area contributed by atoms with Crippen LogP contribution in [-0.4, -0.2) is 12.6 Å². The third-order valence-corrected chi connectivity index (χ3v) is 5.92. The van der Waals surface area contributed by atoms with Crippen LogP contribution in [0.4, 0.5) is 0 Å². The molecule has 0 N–H and O–H groups in total. The Balaban J connectivity index is 1.47. The molecule has 2 fully saturated rings. The quantitative estimate of drug-likeness (QED) is 0.514. The first-order chi connectivity index (χ1) is 12.1. The van der Waals surface area contributed by atoms with E-state index in [9.17, 15) is 4.79 Å². The molecule has 0 radical (unpaired) electrons. The highest BCUT2D eigenvalue weighted by Crippen LogP contribution is 2.52. The SMILES string of the molecule is C=C1C[C@@H]2COC(=O)[C@]2(Cc2ccc3c(c2)Cc2ccccc2O3)C1. The highest BCUT2D eigenvalue weighted by Gasteiger charge is 2.55. The van der Waals surface area contributed by atoms with Gasteiger partial charge in [0.2, 0.25) is 0 Å². The molecule has 2 atom stereocenters. The van der Waals surface area contributed by atoms with Crippen LogP contribution in [0.2, 0.25) is 0 Å². The lowest BCUT2D eigenvalue weighted by atomic mass is 9.75. The largest absolute Gasteiger partial charge is 0.465 e. The maximum atomic E-state index is 12.5. The van der Waals surface area contributed by atoms with Crippen molar-refractivity contribution in [3.63, 3.8) is 0 Å². The molecule has 1 saturated heterocycles. The molecule has 0 aromatic heterocycles. The zero-order valence-corrected chi connectivity index (χ0v) is 14.1. The molecule has 2 aromatic carbocycles. The molecule has 3 nitrogen and oxygen atoms in total. The summed E-state index contributed by atoms with van der Waals surface area (Å²) in [5, 5.41) is 0. The summed E-state index contributed by atoms with van der Waals surface area (Å²) in [5.74, 6) is 2.09. The van der Waals surface area contributed by atoms with Crippen LogP contribution in [0.5, 0.6) is 11.5 Å². The van der Waals surface area contributed by atoms with Crippen LogP contribution in [0.25, 0.3) is 0 Å². The summed E-state index contributed by atoms with van der Waals surface area (Å²) in [7, 11) is 0. The van der Waals surface area contributed by atoms with Crippen LogP contribution >= 0.6 is 0 Å². The van der Waals surface area contributed by atoms with Crippen molar-refractivity contribution in [2.45, 2.75) is 25.7 Å². The Morgan fingerprint density at radius 2 is 1.96 bits per heavy atom. The zero-order chi connectivity index (χ0) is 17.0. The van der Waals surface area contributed by atoms with Crippen molar-refractivity contribution < 1.29 is 14.3 Å².